The van der Waals surface area contributed by atoms with Gasteiger partial charge in [-0.05, 0) is 37.0 Å². The average Bonchev–Trinajstić information content (AvgIpc) is 3.22. The Hall–Kier alpha value is -2.41. The van der Waals surface area contributed by atoms with Gasteiger partial charge < -0.3 is 14.9 Å². The average molecular weight is 364 g/mol. The highest BCUT2D eigenvalue weighted by atomic mass is 35.5. The van der Waals surface area contributed by atoms with Crippen molar-refractivity contribution >= 4 is 23.5 Å². The molecule has 7 nitrogen and oxygen atoms in total. The summed E-state index contributed by atoms with van der Waals surface area (Å²) in [6.07, 6.45) is 1.42. The Kier molecular flexibility index (Phi) is 5.03. The maximum Gasteiger partial charge on any atom is 0.306 e. The molecular weight excluding hydrogens is 346 g/mol. The fourth-order valence-corrected chi connectivity index (χ4v) is 3.21. The first-order valence-electron chi connectivity index (χ1n) is 8.03. The van der Waals surface area contributed by atoms with E-state index in [1.807, 2.05) is 0 Å². The maximum absolute atomic E-state index is 12.6. The number of amides is 1. The predicted octanol–water partition coefficient (Wildman–Crippen LogP) is 2.74. The van der Waals surface area contributed by atoms with E-state index < -0.39 is 17.9 Å². The number of carboxylic acid groups (broad SMARTS) is 1. The third kappa shape index (κ3) is 3.99. The fraction of sp³-hybridized carbons (Fsp3) is 0.412. The van der Waals surface area contributed by atoms with Crippen molar-refractivity contribution < 1.29 is 19.2 Å². The number of aryl methyl sites for hydroxylation is 1. The molecule has 3 rings (SSSR count). The first-order chi connectivity index (χ1) is 11.9. The lowest BCUT2D eigenvalue weighted by molar-refractivity contribution is -0.141. The minimum Gasteiger partial charge on any atom is -0.481 e. The molecule has 8 heteroatoms. The summed E-state index contributed by atoms with van der Waals surface area (Å²) in [7, 11) is 0. The first-order valence-corrected chi connectivity index (χ1v) is 8.40. The number of halogens is 1. The lowest BCUT2D eigenvalue weighted by Crippen LogP contribution is -2.34. The topological polar surface area (TPSA) is 105 Å². The van der Waals surface area contributed by atoms with Gasteiger partial charge in [0.15, 0.2) is 5.82 Å². The van der Waals surface area contributed by atoms with Crippen LogP contribution in [0.15, 0.2) is 28.8 Å². The zero-order valence-electron chi connectivity index (χ0n) is 13.6. The summed E-state index contributed by atoms with van der Waals surface area (Å²) < 4.78 is 5.03. The molecule has 1 amide bonds. The van der Waals surface area contributed by atoms with Crippen molar-refractivity contribution in [2.24, 2.45) is 11.8 Å². The van der Waals surface area contributed by atoms with Crippen molar-refractivity contribution in [3.63, 3.8) is 0 Å². The lowest BCUT2D eigenvalue weighted by Gasteiger charge is -2.18. The Balaban J connectivity index is 1.79. The molecule has 3 atom stereocenters. The number of carbonyl (C=O) groups is 2. The van der Waals surface area contributed by atoms with Gasteiger partial charge in [0.05, 0.1) is 5.92 Å². The van der Waals surface area contributed by atoms with E-state index in [1.54, 1.807) is 31.2 Å². The van der Waals surface area contributed by atoms with Gasteiger partial charge in [0.2, 0.25) is 11.8 Å². The summed E-state index contributed by atoms with van der Waals surface area (Å²) in [6.45, 7) is 1.67. The highest BCUT2D eigenvalue weighted by Crippen LogP contribution is 2.32. The van der Waals surface area contributed by atoms with Gasteiger partial charge in [-0.3, -0.25) is 9.59 Å². The highest BCUT2D eigenvalue weighted by molar-refractivity contribution is 6.30. The summed E-state index contributed by atoms with van der Waals surface area (Å²) in [6, 6.07) is 6.44. The van der Waals surface area contributed by atoms with Gasteiger partial charge >= 0.3 is 5.97 Å². The van der Waals surface area contributed by atoms with Crippen LogP contribution in [0.3, 0.4) is 0 Å². The molecular formula is C17H18ClN3O4. The second kappa shape index (κ2) is 7.23. The SMILES string of the molecule is Cc1nc(C(NC(=O)[C@@H]2CC[C@H](C(=O)O)C2)c2ccc(Cl)cc2)no1. The van der Waals surface area contributed by atoms with Gasteiger partial charge in [-0.15, -0.1) is 0 Å². The molecule has 1 fully saturated rings. The standard InChI is InChI=1S/C17H18ClN3O4/c1-9-19-15(21-25-9)14(10-4-6-13(18)7-5-10)20-16(22)11-2-3-12(8-11)17(23)24/h4-7,11-12,14H,2-3,8H2,1H3,(H,20,22)(H,23,24)/t11-,12+,14?/m1/s1. The molecule has 0 aliphatic heterocycles. The molecule has 0 spiro atoms. The molecule has 132 valence electrons. The van der Waals surface area contributed by atoms with Crippen LogP contribution in [-0.4, -0.2) is 27.1 Å². The normalized spacial score (nSPS) is 21.0. The Morgan fingerprint density at radius 3 is 2.52 bits per heavy atom. The molecule has 0 bridgehead atoms. The zero-order chi connectivity index (χ0) is 18.0. The number of nitrogens with one attached hydrogen (secondary N) is 1. The summed E-state index contributed by atoms with van der Waals surface area (Å²) in [5.74, 6) is -1.10. The van der Waals surface area contributed by atoms with Crippen molar-refractivity contribution in [3.05, 3.63) is 46.6 Å². The molecule has 1 aliphatic rings. The molecule has 1 aromatic heterocycles. The van der Waals surface area contributed by atoms with Gasteiger partial charge in [-0.25, -0.2) is 0 Å². The number of carboxylic acids is 1. The van der Waals surface area contributed by atoms with Crippen LogP contribution in [0.25, 0.3) is 0 Å². The number of carbonyl (C=O) groups excluding carboxylic acids is 1. The summed E-state index contributed by atoms with van der Waals surface area (Å²) >= 11 is 5.93. The molecule has 0 radical (unpaired) electrons. The molecule has 1 heterocycles. The Labute approximate surface area is 149 Å². The Morgan fingerprint density at radius 1 is 1.28 bits per heavy atom. The third-order valence-corrected chi connectivity index (χ3v) is 4.70. The van der Waals surface area contributed by atoms with E-state index in [-0.39, 0.29) is 11.8 Å². The van der Waals surface area contributed by atoms with Crippen LogP contribution in [0.1, 0.15) is 42.6 Å². The highest BCUT2D eigenvalue weighted by Gasteiger charge is 2.35. The smallest absolute Gasteiger partial charge is 0.306 e. The van der Waals surface area contributed by atoms with Gasteiger partial charge in [-0.2, -0.15) is 4.98 Å². The fourth-order valence-electron chi connectivity index (χ4n) is 3.09. The number of rotatable bonds is 5. The van der Waals surface area contributed by atoms with Crippen molar-refractivity contribution in [1.82, 2.24) is 15.5 Å². The molecule has 25 heavy (non-hydrogen) atoms. The van der Waals surface area contributed by atoms with Gasteiger partial charge in [-0.1, -0.05) is 28.9 Å². The van der Waals surface area contributed by atoms with Gasteiger partial charge in [0.1, 0.15) is 6.04 Å². The number of hydrogen-bond donors (Lipinski definition) is 2. The minimum absolute atomic E-state index is 0.203. The number of nitrogens with zero attached hydrogens (tertiary/aromatic N) is 2. The van der Waals surface area contributed by atoms with E-state index in [4.69, 9.17) is 21.2 Å². The van der Waals surface area contributed by atoms with Crippen LogP contribution in [0.4, 0.5) is 0 Å². The monoisotopic (exact) mass is 363 g/mol. The van der Waals surface area contributed by atoms with Crippen LogP contribution < -0.4 is 5.32 Å². The Morgan fingerprint density at radius 2 is 1.96 bits per heavy atom. The minimum atomic E-state index is -0.849. The van der Waals surface area contributed by atoms with Gasteiger partial charge in [0.25, 0.3) is 0 Å². The summed E-state index contributed by atoms with van der Waals surface area (Å²) in [5, 5.41) is 16.5. The second-order valence-electron chi connectivity index (χ2n) is 6.21. The van der Waals surface area contributed by atoms with E-state index in [9.17, 15) is 9.59 Å². The molecule has 1 aromatic carbocycles. The zero-order valence-corrected chi connectivity index (χ0v) is 14.4. The van der Waals surface area contributed by atoms with Crippen LogP contribution in [-0.2, 0) is 9.59 Å². The van der Waals surface area contributed by atoms with Crippen molar-refractivity contribution in [3.8, 4) is 0 Å². The number of aromatic nitrogens is 2. The van der Waals surface area contributed by atoms with Gasteiger partial charge in [0, 0.05) is 17.9 Å². The molecule has 1 aliphatic carbocycles. The predicted molar refractivity (Wildman–Crippen MR) is 88.9 cm³/mol. The quantitative estimate of drug-likeness (QED) is 0.846. The van der Waals surface area contributed by atoms with Crippen molar-refractivity contribution in [2.75, 3.05) is 0 Å². The van der Waals surface area contributed by atoms with E-state index >= 15 is 0 Å². The van der Waals surface area contributed by atoms with Crippen LogP contribution in [0.5, 0.6) is 0 Å². The van der Waals surface area contributed by atoms with E-state index in [1.165, 1.54) is 0 Å². The lowest BCUT2D eigenvalue weighted by atomic mass is 10.0. The van der Waals surface area contributed by atoms with Crippen LogP contribution in [0.2, 0.25) is 5.02 Å². The van der Waals surface area contributed by atoms with E-state index in [0.717, 1.165) is 5.56 Å². The maximum atomic E-state index is 12.6. The first kappa shape index (κ1) is 17.4. The van der Waals surface area contributed by atoms with Crippen LogP contribution in [0, 0.1) is 18.8 Å². The third-order valence-electron chi connectivity index (χ3n) is 4.44. The number of hydrogen-bond acceptors (Lipinski definition) is 5. The van der Waals surface area contributed by atoms with E-state index in [0.29, 0.717) is 36.0 Å². The van der Waals surface area contributed by atoms with Crippen LogP contribution >= 0.6 is 11.6 Å². The number of benzene rings is 1. The van der Waals surface area contributed by atoms with Crippen molar-refractivity contribution in [2.45, 2.75) is 32.2 Å². The largest absolute Gasteiger partial charge is 0.481 e. The molecule has 1 unspecified atom stereocenters. The second-order valence-corrected chi connectivity index (χ2v) is 6.65. The summed E-state index contributed by atoms with van der Waals surface area (Å²) in [4.78, 5) is 27.9. The number of aliphatic carboxylic acids is 1. The van der Waals surface area contributed by atoms with Crippen molar-refractivity contribution in [1.29, 1.82) is 0 Å². The molecule has 2 aromatic rings. The molecule has 2 N–H and O–H groups in total. The molecule has 0 saturated heterocycles. The summed E-state index contributed by atoms with van der Waals surface area (Å²) in [5.41, 5.74) is 0.770. The van der Waals surface area contributed by atoms with E-state index in [2.05, 4.69) is 15.5 Å². The molecule has 1 saturated carbocycles. The Bertz CT molecular complexity index is 774.